The number of aromatic nitrogens is 1. The highest BCUT2D eigenvalue weighted by Crippen LogP contribution is 2.33. The Hall–Kier alpha value is -3.06. The Kier molecular flexibility index (Phi) is 6.34. The van der Waals surface area contributed by atoms with Gasteiger partial charge in [0.2, 0.25) is 0 Å². The van der Waals surface area contributed by atoms with Crippen LogP contribution in [-0.2, 0) is 9.53 Å². The van der Waals surface area contributed by atoms with Crippen LogP contribution in [0.4, 0.5) is 5.69 Å². The molecule has 3 aromatic rings. The van der Waals surface area contributed by atoms with Crippen molar-refractivity contribution in [2.75, 3.05) is 6.61 Å². The second-order valence-electron chi connectivity index (χ2n) is 7.25. The molecule has 1 atom stereocenters. The van der Waals surface area contributed by atoms with Crippen molar-refractivity contribution in [2.45, 2.75) is 26.8 Å². The van der Waals surface area contributed by atoms with Gasteiger partial charge in [-0.1, -0.05) is 23.5 Å². The summed E-state index contributed by atoms with van der Waals surface area (Å²) in [6.07, 6.45) is 1.62. The van der Waals surface area contributed by atoms with E-state index in [9.17, 15) is 19.7 Å². The van der Waals surface area contributed by atoms with Crippen molar-refractivity contribution in [1.29, 1.82) is 0 Å². The summed E-state index contributed by atoms with van der Waals surface area (Å²) < 4.78 is 13.2. The molecule has 33 heavy (non-hydrogen) atoms. The third-order valence-electron chi connectivity index (χ3n) is 5.13. The lowest BCUT2D eigenvalue weighted by atomic mass is 9.94. The van der Waals surface area contributed by atoms with E-state index in [0.29, 0.717) is 35.7 Å². The molecule has 0 radical (unpaired) electrons. The molecule has 0 N–H and O–H groups in total. The molecule has 0 aliphatic carbocycles. The van der Waals surface area contributed by atoms with Gasteiger partial charge >= 0.3 is 5.97 Å². The van der Waals surface area contributed by atoms with Crippen LogP contribution in [0.1, 0.15) is 36.8 Å². The topological polar surface area (TPSA) is 117 Å². The first-order chi connectivity index (χ1) is 15.7. The molecule has 9 nitrogen and oxygen atoms in total. The number of ether oxygens (including phenoxy) is 1. The molecule has 4 rings (SSSR count). The molecule has 0 amide bonds. The number of furan rings is 1. The number of esters is 1. The highest BCUT2D eigenvalue weighted by molar-refractivity contribution is 14.1. The predicted molar refractivity (Wildman–Crippen MR) is 130 cm³/mol. The van der Waals surface area contributed by atoms with E-state index in [1.807, 2.05) is 22.6 Å². The Morgan fingerprint density at radius 1 is 1.36 bits per heavy atom. The first-order valence-electron chi connectivity index (χ1n) is 9.91. The summed E-state index contributed by atoms with van der Waals surface area (Å²) in [6.45, 7) is 5.11. The van der Waals surface area contributed by atoms with Crippen molar-refractivity contribution < 1.29 is 18.9 Å². The van der Waals surface area contributed by atoms with Crippen molar-refractivity contribution in [2.24, 2.45) is 4.99 Å². The highest BCUT2D eigenvalue weighted by Gasteiger charge is 2.34. The van der Waals surface area contributed by atoms with Crippen LogP contribution in [0.2, 0.25) is 0 Å². The van der Waals surface area contributed by atoms with Gasteiger partial charge in [-0.2, -0.15) is 0 Å². The standard InChI is InChI=1S/C22H18IN3O6S/c1-4-31-21(28)18-12(3)24-22-25(19(18)13-6-5-11(2)15(9-13)26(29)30)20(27)16(33-22)10-14-7-8-17(23)32-14/h5-10,19H,4H2,1-3H3/b16-10+/t19-/m1/s1. The number of fused-ring (bicyclic) bond motifs is 1. The van der Waals surface area contributed by atoms with E-state index < -0.39 is 16.9 Å². The number of hydrogen-bond acceptors (Lipinski definition) is 8. The van der Waals surface area contributed by atoms with Crippen molar-refractivity contribution in [3.05, 3.63) is 92.1 Å². The number of hydrogen-bond donors (Lipinski definition) is 0. The van der Waals surface area contributed by atoms with Gasteiger partial charge in [-0.15, -0.1) is 0 Å². The minimum absolute atomic E-state index is 0.0994. The van der Waals surface area contributed by atoms with Crippen LogP contribution in [-0.4, -0.2) is 22.1 Å². The fraction of sp³-hybridized carbons (Fsp3) is 0.227. The van der Waals surface area contributed by atoms with Gasteiger partial charge in [0.05, 0.1) is 33.4 Å². The summed E-state index contributed by atoms with van der Waals surface area (Å²) in [5.41, 5.74) is 0.973. The number of nitro groups is 1. The van der Waals surface area contributed by atoms with E-state index in [-0.39, 0.29) is 23.4 Å². The fourth-order valence-corrected chi connectivity index (χ4v) is 5.10. The van der Waals surface area contributed by atoms with Crippen molar-refractivity contribution in [3.63, 3.8) is 0 Å². The van der Waals surface area contributed by atoms with Crippen LogP contribution in [0.5, 0.6) is 0 Å². The molecule has 0 fully saturated rings. The first kappa shape index (κ1) is 23.1. The number of allylic oxidation sites excluding steroid dienone is 1. The number of thiazole rings is 1. The van der Waals surface area contributed by atoms with E-state index in [2.05, 4.69) is 4.99 Å². The van der Waals surface area contributed by atoms with Gasteiger partial charge in [-0.25, -0.2) is 9.79 Å². The largest absolute Gasteiger partial charge is 0.463 e. The van der Waals surface area contributed by atoms with Gasteiger partial charge in [0.1, 0.15) is 5.76 Å². The molecule has 1 aliphatic heterocycles. The summed E-state index contributed by atoms with van der Waals surface area (Å²) in [6, 6.07) is 7.28. The Labute approximate surface area is 205 Å². The van der Waals surface area contributed by atoms with Crippen LogP contribution in [0.3, 0.4) is 0 Å². The molecule has 170 valence electrons. The van der Waals surface area contributed by atoms with E-state index in [0.717, 1.165) is 11.3 Å². The molecule has 0 bridgehead atoms. The second kappa shape index (κ2) is 9.06. The molecule has 0 saturated heterocycles. The van der Waals surface area contributed by atoms with E-state index in [4.69, 9.17) is 9.15 Å². The van der Waals surface area contributed by atoms with Crippen LogP contribution >= 0.6 is 33.9 Å². The lowest BCUT2D eigenvalue weighted by molar-refractivity contribution is -0.385. The smallest absolute Gasteiger partial charge is 0.338 e. The quantitative estimate of drug-likeness (QED) is 0.198. The van der Waals surface area contributed by atoms with Gasteiger partial charge in [0, 0.05) is 17.7 Å². The average Bonchev–Trinajstić information content (AvgIpc) is 3.30. The maximum absolute atomic E-state index is 13.5. The molecule has 0 unspecified atom stereocenters. The predicted octanol–water partition coefficient (Wildman–Crippen LogP) is 3.21. The number of nitrogens with zero attached hydrogens (tertiary/aromatic N) is 3. The lowest BCUT2D eigenvalue weighted by Gasteiger charge is -2.24. The van der Waals surface area contributed by atoms with Crippen LogP contribution in [0, 0.1) is 20.8 Å². The molecule has 3 heterocycles. The monoisotopic (exact) mass is 579 g/mol. The molecule has 1 aliphatic rings. The third-order valence-corrected chi connectivity index (χ3v) is 6.69. The van der Waals surface area contributed by atoms with E-state index in [1.54, 1.807) is 51.1 Å². The number of nitro benzene ring substituents is 1. The summed E-state index contributed by atoms with van der Waals surface area (Å²) in [4.78, 5) is 42.3. The number of benzene rings is 1. The minimum atomic E-state index is -0.918. The van der Waals surface area contributed by atoms with E-state index >= 15 is 0 Å². The Bertz CT molecular complexity index is 1500. The number of aryl methyl sites for hydroxylation is 1. The molecule has 0 spiro atoms. The van der Waals surface area contributed by atoms with Gasteiger partial charge < -0.3 is 9.15 Å². The minimum Gasteiger partial charge on any atom is -0.463 e. The van der Waals surface area contributed by atoms with Gasteiger partial charge in [0.25, 0.3) is 11.2 Å². The number of carbonyl (C=O) groups excluding carboxylic acids is 1. The maximum atomic E-state index is 13.5. The molecule has 11 heteroatoms. The van der Waals surface area contributed by atoms with Gasteiger partial charge in [-0.05, 0) is 61.1 Å². The summed E-state index contributed by atoms with van der Waals surface area (Å²) in [7, 11) is 0. The summed E-state index contributed by atoms with van der Waals surface area (Å²) in [5, 5.41) is 11.6. The summed E-state index contributed by atoms with van der Waals surface area (Å²) >= 11 is 3.19. The fourth-order valence-electron chi connectivity index (χ4n) is 3.64. The molecular formula is C22H18IN3O6S. The lowest BCUT2D eigenvalue weighted by Crippen LogP contribution is -2.40. The van der Waals surface area contributed by atoms with Crippen LogP contribution < -0.4 is 14.9 Å². The van der Waals surface area contributed by atoms with Crippen LogP contribution in [0.15, 0.2) is 55.8 Å². The molecule has 2 aromatic heterocycles. The van der Waals surface area contributed by atoms with E-state index in [1.165, 1.54) is 10.6 Å². The van der Waals surface area contributed by atoms with Gasteiger partial charge in [-0.3, -0.25) is 19.5 Å². The van der Waals surface area contributed by atoms with Crippen molar-refractivity contribution >= 4 is 51.7 Å². The number of carbonyl (C=O) groups is 1. The van der Waals surface area contributed by atoms with Crippen molar-refractivity contribution in [1.82, 2.24) is 4.57 Å². The Balaban J connectivity index is 1.99. The molecule has 1 aromatic carbocycles. The molecular weight excluding hydrogens is 561 g/mol. The highest BCUT2D eigenvalue weighted by atomic mass is 127. The zero-order valence-corrected chi connectivity index (χ0v) is 20.8. The third kappa shape index (κ3) is 4.29. The molecule has 0 saturated carbocycles. The summed E-state index contributed by atoms with van der Waals surface area (Å²) in [5.74, 6) is -0.115. The normalized spacial score (nSPS) is 15.9. The zero-order chi connectivity index (χ0) is 23.9. The first-order valence-corrected chi connectivity index (χ1v) is 11.8. The van der Waals surface area contributed by atoms with Crippen molar-refractivity contribution in [3.8, 4) is 0 Å². The Morgan fingerprint density at radius 2 is 2.12 bits per heavy atom. The Morgan fingerprint density at radius 3 is 2.76 bits per heavy atom. The maximum Gasteiger partial charge on any atom is 0.338 e. The average molecular weight is 579 g/mol. The van der Waals surface area contributed by atoms with Gasteiger partial charge in [0.15, 0.2) is 8.57 Å². The number of rotatable bonds is 5. The SMILES string of the molecule is CCOC(=O)C1=C(C)N=c2s/c(=C/c3ccc(I)o3)c(=O)n2[C@@H]1c1ccc(C)c([N+](=O)[O-])c1. The van der Waals surface area contributed by atoms with Crippen LogP contribution in [0.25, 0.3) is 6.08 Å². The zero-order valence-electron chi connectivity index (χ0n) is 17.8. The second-order valence-corrected chi connectivity index (χ2v) is 9.32. The number of halogens is 1.